The summed E-state index contributed by atoms with van der Waals surface area (Å²) in [7, 11) is -3.79. The van der Waals surface area contributed by atoms with E-state index in [1.54, 1.807) is 63.2 Å². The van der Waals surface area contributed by atoms with Gasteiger partial charge in [0.1, 0.15) is 5.60 Å². The Hall–Kier alpha value is -3.17. The van der Waals surface area contributed by atoms with Gasteiger partial charge in [-0.1, -0.05) is 29.8 Å². The highest BCUT2D eigenvalue weighted by atomic mass is 32.2. The summed E-state index contributed by atoms with van der Waals surface area (Å²) in [6, 6.07) is 11.8. The second kappa shape index (κ2) is 8.56. The minimum atomic E-state index is -3.79. The molecule has 8 nitrogen and oxygen atoms in total. The molecule has 0 atom stereocenters. The molecule has 0 fully saturated rings. The predicted molar refractivity (Wildman–Crippen MR) is 127 cm³/mol. The fourth-order valence-corrected chi connectivity index (χ4v) is 5.76. The van der Waals surface area contributed by atoms with Crippen molar-refractivity contribution >= 4 is 33.0 Å². The van der Waals surface area contributed by atoms with Crippen LogP contribution in [-0.4, -0.2) is 46.6 Å². The van der Waals surface area contributed by atoms with Crippen LogP contribution in [0.15, 0.2) is 47.4 Å². The lowest BCUT2D eigenvalue weighted by atomic mass is 9.99. The van der Waals surface area contributed by atoms with E-state index in [2.05, 4.69) is 0 Å². The lowest BCUT2D eigenvalue weighted by Gasteiger charge is -2.28. The molecule has 34 heavy (non-hydrogen) atoms. The molecule has 0 radical (unpaired) electrons. The molecule has 0 aliphatic carbocycles. The molecule has 1 N–H and O–H groups in total. The molecule has 4 rings (SSSR count). The molecule has 2 aromatic carbocycles. The van der Waals surface area contributed by atoms with Crippen LogP contribution in [0.3, 0.4) is 0 Å². The molecule has 1 aliphatic rings. The Morgan fingerprint density at radius 3 is 2.38 bits per heavy atom. The van der Waals surface area contributed by atoms with Crippen molar-refractivity contribution in [3.63, 3.8) is 0 Å². The van der Waals surface area contributed by atoms with E-state index < -0.39 is 27.7 Å². The molecular weight excluding hydrogens is 456 g/mol. The SMILES string of the molecule is Cc1ccc(S(=O)(=O)N2CCc3c(n(C(=O)OC(C)(C)C)c4cccc(CC(=O)O)c34)C2)cc1. The van der Waals surface area contributed by atoms with Crippen LogP contribution in [0.5, 0.6) is 0 Å². The Morgan fingerprint density at radius 2 is 1.76 bits per heavy atom. The standard InChI is InChI=1S/C25H28N2O6S/c1-16-8-10-18(11-9-16)34(31,32)26-13-12-19-21(15-26)27(24(30)33-25(2,3)4)20-7-5-6-17(23(19)20)14-22(28)29/h5-11H,12-15H2,1-4H3,(H,28,29). The predicted octanol–water partition coefficient (Wildman–Crippen LogP) is 4.11. The average molecular weight is 485 g/mol. The Labute approximate surface area is 198 Å². The van der Waals surface area contributed by atoms with Gasteiger partial charge in [0, 0.05) is 17.6 Å². The van der Waals surface area contributed by atoms with Crippen LogP contribution in [0.4, 0.5) is 4.79 Å². The van der Waals surface area contributed by atoms with Crippen LogP contribution >= 0.6 is 0 Å². The first-order valence-electron chi connectivity index (χ1n) is 11.0. The minimum absolute atomic E-state index is 0.0218. The Morgan fingerprint density at radius 1 is 1.09 bits per heavy atom. The van der Waals surface area contributed by atoms with Crippen molar-refractivity contribution < 1.29 is 27.9 Å². The van der Waals surface area contributed by atoms with Crippen molar-refractivity contribution in [3.8, 4) is 0 Å². The molecule has 0 bridgehead atoms. The van der Waals surface area contributed by atoms with E-state index in [-0.39, 0.29) is 24.4 Å². The first-order chi connectivity index (χ1) is 15.9. The van der Waals surface area contributed by atoms with Crippen LogP contribution in [0.25, 0.3) is 10.9 Å². The van der Waals surface area contributed by atoms with Crippen LogP contribution in [-0.2, 0) is 38.9 Å². The third-order valence-electron chi connectivity index (χ3n) is 5.80. The number of aromatic nitrogens is 1. The fraction of sp³-hybridized carbons (Fsp3) is 0.360. The number of carboxylic acid groups (broad SMARTS) is 1. The molecule has 180 valence electrons. The molecule has 0 amide bonds. The van der Waals surface area contributed by atoms with Crippen LogP contribution in [0.1, 0.15) is 43.2 Å². The average Bonchev–Trinajstić information content (AvgIpc) is 3.07. The summed E-state index contributed by atoms with van der Waals surface area (Å²) >= 11 is 0. The van der Waals surface area contributed by atoms with Gasteiger partial charge >= 0.3 is 12.1 Å². The zero-order valence-electron chi connectivity index (χ0n) is 19.7. The van der Waals surface area contributed by atoms with Gasteiger partial charge < -0.3 is 9.84 Å². The summed E-state index contributed by atoms with van der Waals surface area (Å²) in [5.74, 6) is -0.981. The topological polar surface area (TPSA) is 106 Å². The molecule has 0 saturated heterocycles. The maximum Gasteiger partial charge on any atom is 0.419 e. The van der Waals surface area contributed by atoms with Gasteiger partial charge in [-0.05, 0) is 63.4 Å². The Bertz CT molecular complexity index is 1380. The van der Waals surface area contributed by atoms with E-state index in [4.69, 9.17) is 4.74 Å². The van der Waals surface area contributed by atoms with Crippen molar-refractivity contribution in [1.29, 1.82) is 0 Å². The summed E-state index contributed by atoms with van der Waals surface area (Å²) in [4.78, 5) is 24.9. The van der Waals surface area contributed by atoms with Gasteiger partial charge in [0.25, 0.3) is 0 Å². The van der Waals surface area contributed by atoms with Gasteiger partial charge in [0.2, 0.25) is 10.0 Å². The number of fused-ring (bicyclic) bond motifs is 3. The monoisotopic (exact) mass is 484 g/mol. The number of aliphatic carboxylic acids is 1. The first kappa shape index (κ1) is 24.0. The van der Waals surface area contributed by atoms with E-state index in [0.717, 1.165) is 11.1 Å². The minimum Gasteiger partial charge on any atom is -0.481 e. The van der Waals surface area contributed by atoms with E-state index in [0.29, 0.717) is 28.6 Å². The van der Waals surface area contributed by atoms with E-state index in [1.165, 1.54) is 8.87 Å². The molecule has 0 unspecified atom stereocenters. The van der Waals surface area contributed by atoms with Crippen LogP contribution < -0.4 is 0 Å². The second-order valence-electron chi connectivity index (χ2n) is 9.52. The highest BCUT2D eigenvalue weighted by molar-refractivity contribution is 7.89. The van der Waals surface area contributed by atoms with Gasteiger partial charge in [-0.15, -0.1) is 0 Å². The largest absolute Gasteiger partial charge is 0.481 e. The third-order valence-corrected chi connectivity index (χ3v) is 7.66. The molecule has 0 spiro atoms. The summed E-state index contributed by atoms with van der Waals surface area (Å²) in [6.07, 6.45) is -0.475. The lowest BCUT2D eigenvalue weighted by molar-refractivity contribution is -0.136. The number of carboxylic acids is 1. The fourth-order valence-electron chi connectivity index (χ4n) is 4.35. The summed E-state index contributed by atoms with van der Waals surface area (Å²) in [5, 5.41) is 10.1. The summed E-state index contributed by atoms with van der Waals surface area (Å²) < 4.78 is 35.1. The van der Waals surface area contributed by atoms with Crippen LogP contribution in [0.2, 0.25) is 0 Å². The number of hydrogen-bond donors (Lipinski definition) is 1. The van der Waals surface area contributed by atoms with Crippen molar-refractivity contribution in [2.45, 2.75) is 57.6 Å². The quantitative estimate of drug-likeness (QED) is 0.598. The number of ether oxygens (including phenoxy) is 1. The zero-order valence-corrected chi connectivity index (χ0v) is 20.5. The van der Waals surface area contributed by atoms with E-state index in [9.17, 15) is 23.1 Å². The van der Waals surface area contributed by atoms with Crippen molar-refractivity contribution in [3.05, 3.63) is 64.8 Å². The molecule has 3 aromatic rings. The number of carbonyl (C=O) groups excluding carboxylic acids is 1. The smallest absolute Gasteiger partial charge is 0.419 e. The molecule has 0 saturated carbocycles. The van der Waals surface area contributed by atoms with Gasteiger partial charge in [0.05, 0.1) is 23.4 Å². The number of rotatable bonds is 4. The van der Waals surface area contributed by atoms with E-state index in [1.807, 2.05) is 6.92 Å². The molecular formula is C25H28N2O6S. The Balaban J connectivity index is 1.86. The van der Waals surface area contributed by atoms with E-state index >= 15 is 0 Å². The summed E-state index contributed by atoms with van der Waals surface area (Å²) in [5.41, 5.74) is 2.58. The number of carbonyl (C=O) groups is 2. The third kappa shape index (κ3) is 4.45. The highest BCUT2D eigenvalue weighted by Crippen LogP contribution is 2.35. The van der Waals surface area contributed by atoms with Crippen molar-refractivity contribution in [2.75, 3.05) is 6.54 Å². The highest BCUT2D eigenvalue weighted by Gasteiger charge is 2.35. The second-order valence-corrected chi connectivity index (χ2v) is 11.5. The Kier molecular flexibility index (Phi) is 6.03. The van der Waals surface area contributed by atoms with Crippen LogP contribution in [0, 0.1) is 6.92 Å². The number of hydrogen-bond acceptors (Lipinski definition) is 5. The lowest BCUT2D eigenvalue weighted by Crippen LogP contribution is -2.38. The van der Waals surface area contributed by atoms with Gasteiger partial charge in [-0.3, -0.25) is 4.79 Å². The van der Waals surface area contributed by atoms with Crippen molar-refractivity contribution in [2.24, 2.45) is 0 Å². The zero-order chi connectivity index (χ0) is 24.8. The van der Waals surface area contributed by atoms with Crippen molar-refractivity contribution in [1.82, 2.24) is 8.87 Å². The number of benzene rings is 2. The molecule has 2 heterocycles. The first-order valence-corrected chi connectivity index (χ1v) is 12.5. The van der Waals surface area contributed by atoms with Gasteiger partial charge in [-0.25, -0.2) is 17.8 Å². The molecule has 9 heteroatoms. The number of nitrogens with zero attached hydrogens (tertiary/aromatic N) is 2. The summed E-state index contributed by atoms with van der Waals surface area (Å²) in [6.45, 7) is 7.36. The normalized spacial score (nSPS) is 14.7. The number of aryl methyl sites for hydroxylation is 1. The maximum atomic E-state index is 13.4. The molecule has 1 aliphatic heterocycles. The van der Waals surface area contributed by atoms with Gasteiger partial charge in [-0.2, -0.15) is 4.31 Å². The van der Waals surface area contributed by atoms with Gasteiger partial charge in [0.15, 0.2) is 0 Å². The number of sulfonamides is 1. The molecule has 1 aromatic heterocycles. The maximum absolute atomic E-state index is 13.4.